The van der Waals surface area contributed by atoms with Crippen molar-refractivity contribution >= 4 is 11.9 Å². The molecule has 18 heavy (non-hydrogen) atoms. The number of rotatable bonds is 5. The molecule has 6 heteroatoms. The zero-order valence-corrected chi connectivity index (χ0v) is 10.4. The van der Waals surface area contributed by atoms with Gasteiger partial charge in [0.2, 0.25) is 0 Å². The smallest absolute Gasteiger partial charge is 0.311 e. The van der Waals surface area contributed by atoms with E-state index in [4.69, 9.17) is 5.73 Å². The molecule has 1 heterocycles. The highest BCUT2D eigenvalue weighted by molar-refractivity contribution is 5.75. The molecular formula is C12H16N2O4. The fraction of sp³-hybridized carbons (Fsp3) is 0.417. The van der Waals surface area contributed by atoms with Crippen molar-refractivity contribution in [2.24, 2.45) is 5.73 Å². The lowest BCUT2D eigenvalue weighted by Gasteiger charge is -2.08. The average Bonchev–Trinajstić information content (AvgIpc) is 2.40. The molecule has 0 amide bonds. The molecule has 0 bridgehead atoms. The van der Waals surface area contributed by atoms with Crippen LogP contribution in [0.5, 0.6) is 0 Å². The lowest BCUT2D eigenvalue weighted by atomic mass is 10.1. The Balaban J connectivity index is 2.99. The topological polar surface area (TPSA) is 91.5 Å². The lowest BCUT2D eigenvalue weighted by Crippen LogP contribution is -2.13. The maximum Gasteiger partial charge on any atom is 0.311 e. The second-order valence-electron chi connectivity index (χ2n) is 3.66. The summed E-state index contributed by atoms with van der Waals surface area (Å²) in [5, 5.41) is 0. The van der Waals surface area contributed by atoms with Gasteiger partial charge in [0.25, 0.3) is 0 Å². The van der Waals surface area contributed by atoms with Crippen LogP contribution in [0.3, 0.4) is 0 Å². The predicted molar refractivity (Wildman–Crippen MR) is 63.6 cm³/mol. The van der Waals surface area contributed by atoms with Gasteiger partial charge in [-0.05, 0) is 11.1 Å². The Labute approximate surface area is 105 Å². The third-order valence-electron chi connectivity index (χ3n) is 2.45. The van der Waals surface area contributed by atoms with Crippen LogP contribution in [-0.4, -0.2) is 31.1 Å². The van der Waals surface area contributed by atoms with E-state index in [1.807, 2.05) is 0 Å². The van der Waals surface area contributed by atoms with Crippen molar-refractivity contribution in [3.8, 4) is 0 Å². The fourth-order valence-corrected chi connectivity index (χ4v) is 1.45. The molecule has 6 nitrogen and oxygen atoms in total. The molecule has 0 aromatic carbocycles. The first kappa shape index (κ1) is 14.1. The van der Waals surface area contributed by atoms with Crippen molar-refractivity contribution in [1.29, 1.82) is 0 Å². The van der Waals surface area contributed by atoms with E-state index in [1.54, 1.807) is 12.3 Å². The molecule has 98 valence electrons. The number of hydrogen-bond donors (Lipinski definition) is 1. The molecule has 1 aromatic heterocycles. The third kappa shape index (κ3) is 3.81. The summed E-state index contributed by atoms with van der Waals surface area (Å²) >= 11 is 0. The third-order valence-corrected chi connectivity index (χ3v) is 2.45. The molecule has 2 N–H and O–H groups in total. The van der Waals surface area contributed by atoms with Crippen LogP contribution in [0.4, 0.5) is 0 Å². The molecule has 0 unspecified atom stereocenters. The lowest BCUT2D eigenvalue weighted by molar-refractivity contribution is -0.141. The normalized spacial score (nSPS) is 9.94. The molecule has 0 saturated carbocycles. The van der Waals surface area contributed by atoms with Crippen molar-refractivity contribution in [3.63, 3.8) is 0 Å². The highest BCUT2D eigenvalue weighted by Gasteiger charge is 2.13. The van der Waals surface area contributed by atoms with Gasteiger partial charge < -0.3 is 15.2 Å². The molecule has 1 aromatic rings. The van der Waals surface area contributed by atoms with E-state index in [9.17, 15) is 9.59 Å². The number of ether oxygens (including phenoxy) is 2. The summed E-state index contributed by atoms with van der Waals surface area (Å²) in [5.74, 6) is -0.800. The van der Waals surface area contributed by atoms with Gasteiger partial charge in [-0.25, -0.2) is 0 Å². The number of nitrogens with two attached hydrogens (primary N) is 1. The Hall–Kier alpha value is -1.95. The van der Waals surface area contributed by atoms with Gasteiger partial charge >= 0.3 is 11.9 Å². The molecule has 0 aliphatic carbocycles. The monoisotopic (exact) mass is 252 g/mol. The second kappa shape index (κ2) is 6.70. The summed E-state index contributed by atoms with van der Waals surface area (Å²) in [6.45, 7) is 0.319. The van der Waals surface area contributed by atoms with Crippen molar-refractivity contribution in [1.82, 2.24) is 4.98 Å². The van der Waals surface area contributed by atoms with Crippen LogP contribution in [0.25, 0.3) is 0 Å². The van der Waals surface area contributed by atoms with Gasteiger partial charge in [-0.15, -0.1) is 0 Å². The molecule has 0 aliphatic heterocycles. The van der Waals surface area contributed by atoms with Crippen molar-refractivity contribution in [3.05, 3.63) is 29.1 Å². The molecule has 0 fully saturated rings. The first-order valence-electron chi connectivity index (χ1n) is 5.41. The fourth-order valence-electron chi connectivity index (χ4n) is 1.45. The Morgan fingerprint density at radius 2 is 1.83 bits per heavy atom. The van der Waals surface area contributed by atoms with Crippen LogP contribution in [0.1, 0.15) is 16.8 Å². The Kier molecular flexibility index (Phi) is 5.26. The summed E-state index contributed by atoms with van der Waals surface area (Å²) in [6, 6.07) is 1.75. The standard InChI is InChI=1S/C12H16N2O4/c1-17-11(15)4-9-3-8(6-13)7-14-10(9)5-12(16)18-2/h3,7H,4-6,13H2,1-2H3. The van der Waals surface area contributed by atoms with E-state index in [0.29, 0.717) is 17.8 Å². The number of carbonyl (C=O) groups excluding carboxylic acids is 2. The van der Waals surface area contributed by atoms with E-state index < -0.39 is 11.9 Å². The minimum atomic E-state index is -0.408. The molecule has 0 saturated heterocycles. The number of pyridine rings is 1. The Morgan fingerprint density at radius 3 is 2.39 bits per heavy atom. The minimum absolute atomic E-state index is 0.0215. The molecule has 0 aliphatic rings. The van der Waals surface area contributed by atoms with Gasteiger partial charge in [0.05, 0.1) is 32.8 Å². The first-order valence-corrected chi connectivity index (χ1v) is 5.41. The number of hydrogen-bond acceptors (Lipinski definition) is 6. The second-order valence-corrected chi connectivity index (χ2v) is 3.66. The highest BCUT2D eigenvalue weighted by atomic mass is 16.5. The van der Waals surface area contributed by atoms with Crippen LogP contribution in [0, 0.1) is 0 Å². The van der Waals surface area contributed by atoms with E-state index in [1.165, 1.54) is 14.2 Å². The average molecular weight is 252 g/mol. The van der Waals surface area contributed by atoms with E-state index in [-0.39, 0.29) is 12.8 Å². The maximum absolute atomic E-state index is 11.3. The number of nitrogens with zero attached hydrogens (tertiary/aromatic N) is 1. The summed E-state index contributed by atoms with van der Waals surface area (Å²) in [5.41, 5.74) is 7.44. The quantitative estimate of drug-likeness (QED) is 0.740. The zero-order chi connectivity index (χ0) is 13.5. The Bertz CT molecular complexity index is 446. The predicted octanol–water partition coefficient (Wildman–Crippen LogP) is -0.0287. The molecule has 1 rings (SSSR count). The largest absolute Gasteiger partial charge is 0.469 e. The van der Waals surface area contributed by atoms with Crippen molar-refractivity contribution in [2.45, 2.75) is 19.4 Å². The van der Waals surface area contributed by atoms with E-state index in [0.717, 1.165) is 5.56 Å². The van der Waals surface area contributed by atoms with Crippen molar-refractivity contribution in [2.75, 3.05) is 14.2 Å². The SMILES string of the molecule is COC(=O)Cc1cc(CN)cnc1CC(=O)OC. The van der Waals surface area contributed by atoms with E-state index in [2.05, 4.69) is 14.5 Å². The van der Waals surface area contributed by atoms with Gasteiger partial charge in [-0.1, -0.05) is 6.07 Å². The van der Waals surface area contributed by atoms with Gasteiger partial charge in [-0.3, -0.25) is 14.6 Å². The van der Waals surface area contributed by atoms with E-state index >= 15 is 0 Å². The first-order chi connectivity index (χ1) is 8.60. The number of methoxy groups -OCH3 is 2. The summed E-state index contributed by atoms with van der Waals surface area (Å²) < 4.78 is 9.18. The molecule has 0 atom stereocenters. The zero-order valence-electron chi connectivity index (χ0n) is 10.4. The number of aromatic nitrogens is 1. The van der Waals surface area contributed by atoms with Crippen LogP contribution in [0.15, 0.2) is 12.3 Å². The van der Waals surface area contributed by atoms with Crippen LogP contribution >= 0.6 is 0 Å². The van der Waals surface area contributed by atoms with Gasteiger partial charge in [0, 0.05) is 12.7 Å². The summed E-state index contributed by atoms with van der Waals surface area (Å²) in [4.78, 5) is 26.7. The van der Waals surface area contributed by atoms with Gasteiger partial charge in [0.1, 0.15) is 0 Å². The van der Waals surface area contributed by atoms with Gasteiger partial charge in [0.15, 0.2) is 0 Å². The molecular weight excluding hydrogens is 236 g/mol. The number of esters is 2. The molecule has 0 radical (unpaired) electrons. The van der Waals surface area contributed by atoms with Crippen LogP contribution < -0.4 is 5.73 Å². The maximum atomic E-state index is 11.3. The van der Waals surface area contributed by atoms with Gasteiger partial charge in [-0.2, -0.15) is 0 Å². The highest BCUT2D eigenvalue weighted by Crippen LogP contribution is 2.12. The Morgan fingerprint density at radius 1 is 1.22 bits per heavy atom. The minimum Gasteiger partial charge on any atom is -0.469 e. The van der Waals surface area contributed by atoms with Crippen LogP contribution in [-0.2, 0) is 38.4 Å². The summed E-state index contributed by atoms with van der Waals surface area (Å²) in [6.07, 6.45) is 1.66. The number of carbonyl (C=O) groups is 2. The van der Waals surface area contributed by atoms with Crippen LogP contribution in [0.2, 0.25) is 0 Å². The summed E-state index contributed by atoms with van der Waals surface area (Å²) in [7, 11) is 2.61. The molecule has 0 spiro atoms. The van der Waals surface area contributed by atoms with Crippen molar-refractivity contribution < 1.29 is 19.1 Å².